The number of amides is 1. The molecule has 0 bridgehead atoms. The van der Waals surface area contributed by atoms with Crippen molar-refractivity contribution in [2.24, 2.45) is 4.99 Å². The molecule has 0 aromatic heterocycles. The van der Waals surface area contributed by atoms with Crippen molar-refractivity contribution in [1.82, 2.24) is 4.90 Å². The summed E-state index contributed by atoms with van der Waals surface area (Å²) in [4.78, 5) is 30.7. The Hall–Kier alpha value is -3.78. The highest BCUT2D eigenvalue weighted by molar-refractivity contribution is 8.18. The van der Waals surface area contributed by atoms with Crippen LogP contribution in [-0.2, 0) is 4.79 Å². The lowest BCUT2D eigenvalue weighted by atomic mass is 10.0. The quantitative estimate of drug-likeness (QED) is 0.449. The number of amidine groups is 1. The van der Waals surface area contributed by atoms with E-state index in [9.17, 15) is 9.59 Å². The number of aromatic carboxylic acids is 1. The zero-order valence-corrected chi connectivity index (χ0v) is 19.9. The average molecular weight is 477 g/mol. The molecule has 1 amide bonds. The summed E-state index contributed by atoms with van der Waals surface area (Å²) in [6.45, 7) is 4.90. The minimum atomic E-state index is -1.00. The normalized spacial score (nSPS) is 16.0. The fourth-order valence-corrected chi connectivity index (χ4v) is 4.53. The highest BCUT2D eigenvalue weighted by atomic mass is 32.2. The number of nitrogens with zero attached hydrogens (tertiary/aromatic N) is 2. The highest BCUT2D eigenvalue weighted by Crippen LogP contribution is 2.38. The number of carboxylic acid groups (broad SMARTS) is 1. The summed E-state index contributed by atoms with van der Waals surface area (Å²) in [6.07, 6.45) is 1.84. The monoisotopic (exact) mass is 476 g/mol. The first-order valence-electron chi connectivity index (χ1n) is 10.8. The first-order chi connectivity index (χ1) is 16.4. The van der Waals surface area contributed by atoms with Gasteiger partial charge < -0.3 is 14.6 Å². The predicted octanol–water partition coefficient (Wildman–Crippen LogP) is 5.57. The maximum atomic E-state index is 13.0. The molecule has 0 saturated carbocycles. The van der Waals surface area contributed by atoms with Crippen LogP contribution in [0.4, 0.5) is 5.69 Å². The molecule has 7 nitrogen and oxygen atoms in total. The number of carbonyl (C=O) groups is 2. The molecule has 1 fully saturated rings. The van der Waals surface area contributed by atoms with Crippen LogP contribution in [0.15, 0.2) is 64.5 Å². The number of fused-ring (bicyclic) bond motifs is 1. The van der Waals surface area contributed by atoms with Gasteiger partial charge in [-0.15, -0.1) is 0 Å². The van der Waals surface area contributed by atoms with E-state index in [2.05, 4.69) is 4.99 Å². The number of hydrogen-bond acceptors (Lipinski definition) is 6. The number of rotatable bonds is 7. The molecule has 0 spiro atoms. The van der Waals surface area contributed by atoms with Gasteiger partial charge in [0.05, 0.1) is 29.4 Å². The number of carbonyl (C=O) groups excluding carboxylic acids is 1. The number of likely N-dealkylation sites (N-methyl/N-ethyl adjacent to an activating group) is 1. The summed E-state index contributed by atoms with van der Waals surface area (Å²) in [6, 6.07) is 16.0. The van der Waals surface area contributed by atoms with E-state index in [0.29, 0.717) is 34.7 Å². The lowest BCUT2D eigenvalue weighted by Gasteiger charge is -2.12. The fourth-order valence-electron chi connectivity index (χ4n) is 3.56. The van der Waals surface area contributed by atoms with Crippen molar-refractivity contribution in [3.63, 3.8) is 0 Å². The van der Waals surface area contributed by atoms with E-state index in [0.717, 1.165) is 22.1 Å². The molecule has 8 heteroatoms. The van der Waals surface area contributed by atoms with Crippen molar-refractivity contribution in [1.29, 1.82) is 0 Å². The van der Waals surface area contributed by atoms with Gasteiger partial charge in [-0.1, -0.05) is 12.1 Å². The van der Waals surface area contributed by atoms with Crippen molar-refractivity contribution < 1.29 is 24.2 Å². The predicted molar refractivity (Wildman–Crippen MR) is 135 cm³/mol. The third-order valence-electron chi connectivity index (χ3n) is 5.22. The maximum absolute atomic E-state index is 13.0. The van der Waals surface area contributed by atoms with Gasteiger partial charge in [0.1, 0.15) is 11.5 Å². The Labute approximate surface area is 201 Å². The standard InChI is InChI=1S/C26H24N2O5S/c1-4-32-19-12-8-16-9-13-22(33-5-2)21(20(16)14-19)15-23-24(29)28(3)26(34-23)27-18-10-6-17(7-11-18)25(30)31/h6-15H,4-5H2,1-3H3,(H,30,31). The number of benzene rings is 3. The molecule has 3 aromatic carbocycles. The van der Waals surface area contributed by atoms with Crippen LogP contribution < -0.4 is 9.47 Å². The van der Waals surface area contributed by atoms with Crippen LogP contribution in [0.5, 0.6) is 11.5 Å². The summed E-state index contributed by atoms with van der Waals surface area (Å²) in [5.41, 5.74) is 1.55. The fraction of sp³-hybridized carbons (Fsp3) is 0.192. The summed E-state index contributed by atoms with van der Waals surface area (Å²) >= 11 is 1.26. The SMILES string of the molecule is CCOc1ccc2ccc(OCC)c(C=C3SC(=Nc4ccc(C(=O)O)cc4)N(C)C3=O)c2c1. The number of carboxylic acids is 1. The van der Waals surface area contributed by atoms with Crippen LogP contribution in [-0.4, -0.2) is 47.3 Å². The minimum Gasteiger partial charge on any atom is -0.494 e. The molecular weight excluding hydrogens is 452 g/mol. The van der Waals surface area contributed by atoms with E-state index in [1.54, 1.807) is 19.2 Å². The lowest BCUT2D eigenvalue weighted by molar-refractivity contribution is -0.121. The molecule has 4 rings (SSSR count). The zero-order chi connectivity index (χ0) is 24.2. The van der Waals surface area contributed by atoms with Gasteiger partial charge in [-0.05, 0) is 84.9 Å². The Morgan fingerprint density at radius 2 is 1.76 bits per heavy atom. The third-order valence-corrected chi connectivity index (χ3v) is 6.28. The molecule has 0 atom stereocenters. The van der Waals surface area contributed by atoms with Crippen molar-refractivity contribution in [2.45, 2.75) is 13.8 Å². The van der Waals surface area contributed by atoms with Crippen molar-refractivity contribution in [2.75, 3.05) is 20.3 Å². The molecule has 1 N–H and O–H groups in total. The first-order valence-corrected chi connectivity index (χ1v) is 11.6. The second kappa shape index (κ2) is 10.0. The smallest absolute Gasteiger partial charge is 0.335 e. The molecule has 1 saturated heterocycles. The second-order valence-corrected chi connectivity index (χ2v) is 8.46. The molecule has 0 aliphatic carbocycles. The van der Waals surface area contributed by atoms with Gasteiger partial charge in [0.25, 0.3) is 5.91 Å². The molecular formula is C26H24N2O5S. The van der Waals surface area contributed by atoms with Crippen LogP contribution in [0, 0.1) is 0 Å². The Morgan fingerprint density at radius 3 is 2.44 bits per heavy atom. The van der Waals surface area contributed by atoms with E-state index in [-0.39, 0.29) is 11.5 Å². The van der Waals surface area contributed by atoms with Crippen LogP contribution in [0.25, 0.3) is 16.8 Å². The maximum Gasteiger partial charge on any atom is 0.335 e. The highest BCUT2D eigenvalue weighted by Gasteiger charge is 2.31. The summed E-state index contributed by atoms with van der Waals surface area (Å²) < 4.78 is 11.6. The Balaban J connectivity index is 1.75. The number of hydrogen-bond donors (Lipinski definition) is 1. The van der Waals surface area contributed by atoms with Crippen molar-refractivity contribution in [3.05, 3.63) is 70.6 Å². The van der Waals surface area contributed by atoms with Crippen molar-refractivity contribution in [3.8, 4) is 11.5 Å². The summed E-state index contributed by atoms with van der Waals surface area (Å²) in [5, 5.41) is 11.5. The third kappa shape index (κ3) is 4.77. The Kier molecular flexibility index (Phi) is 6.88. The van der Waals surface area contributed by atoms with Gasteiger partial charge in [-0.25, -0.2) is 9.79 Å². The van der Waals surface area contributed by atoms with E-state index in [1.807, 2.05) is 50.3 Å². The van der Waals surface area contributed by atoms with E-state index < -0.39 is 5.97 Å². The Bertz CT molecular complexity index is 1310. The summed E-state index contributed by atoms with van der Waals surface area (Å²) in [5.74, 6) is 0.255. The van der Waals surface area contributed by atoms with Crippen LogP contribution in [0.1, 0.15) is 29.8 Å². The minimum absolute atomic E-state index is 0.175. The van der Waals surface area contributed by atoms with Crippen LogP contribution in [0.3, 0.4) is 0 Å². The van der Waals surface area contributed by atoms with Gasteiger partial charge in [-0.2, -0.15) is 0 Å². The lowest BCUT2D eigenvalue weighted by Crippen LogP contribution is -2.23. The van der Waals surface area contributed by atoms with Gasteiger partial charge in [0.2, 0.25) is 0 Å². The molecule has 34 heavy (non-hydrogen) atoms. The molecule has 0 radical (unpaired) electrons. The zero-order valence-electron chi connectivity index (χ0n) is 19.1. The number of ether oxygens (including phenoxy) is 2. The van der Waals surface area contributed by atoms with Gasteiger partial charge in [0.15, 0.2) is 5.17 Å². The molecule has 0 unspecified atom stereocenters. The molecule has 1 heterocycles. The number of thioether (sulfide) groups is 1. The second-order valence-electron chi connectivity index (χ2n) is 7.45. The van der Waals surface area contributed by atoms with Crippen molar-refractivity contribution >= 4 is 51.3 Å². The van der Waals surface area contributed by atoms with Crippen LogP contribution in [0.2, 0.25) is 0 Å². The van der Waals surface area contributed by atoms with Crippen LogP contribution >= 0.6 is 11.8 Å². The molecule has 174 valence electrons. The van der Waals surface area contributed by atoms with E-state index in [1.165, 1.54) is 28.8 Å². The van der Waals surface area contributed by atoms with Gasteiger partial charge in [-0.3, -0.25) is 9.69 Å². The van der Waals surface area contributed by atoms with Gasteiger partial charge >= 0.3 is 5.97 Å². The largest absolute Gasteiger partial charge is 0.494 e. The van der Waals surface area contributed by atoms with Gasteiger partial charge in [0, 0.05) is 12.6 Å². The molecule has 1 aliphatic heterocycles. The average Bonchev–Trinajstić information content (AvgIpc) is 3.09. The van der Waals surface area contributed by atoms with E-state index >= 15 is 0 Å². The first kappa shape index (κ1) is 23.4. The topological polar surface area (TPSA) is 88.4 Å². The molecule has 3 aromatic rings. The van der Waals surface area contributed by atoms with E-state index in [4.69, 9.17) is 14.6 Å². The number of aliphatic imine (C=N–C) groups is 1. The molecule has 1 aliphatic rings. The summed E-state index contributed by atoms with van der Waals surface area (Å²) in [7, 11) is 1.67. The Morgan fingerprint density at radius 1 is 1.06 bits per heavy atom.